The molecular weight excluding hydrogens is 352 g/mol. The predicted octanol–water partition coefficient (Wildman–Crippen LogP) is 3.05. The number of benzene rings is 2. The summed E-state index contributed by atoms with van der Waals surface area (Å²) in [6, 6.07) is 10.6. The summed E-state index contributed by atoms with van der Waals surface area (Å²) in [5.41, 5.74) is 0.624. The van der Waals surface area contributed by atoms with Gasteiger partial charge in [-0.15, -0.1) is 0 Å². The maximum absolute atomic E-state index is 12.2. The van der Waals surface area contributed by atoms with Crippen LogP contribution in [0.1, 0.15) is 6.92 Å². The Hall–Kier alpha value is -3.42. The van der Waals surface area contributed by atoms with Crippen LogP contribution >= 0.6 is 0 Å². The summed E-state index contributed by atoms with van der Waals surface area (Å²) in [6.45, 7) is 2.03. The molecule has 0 radical (unpaired) electrons. The molecule has 2 aliphatic rings. The lowest BCUT2D eigenvalue weighted by Crippen LogP contribution is -2.33. The lowest BCUT2D eigenvalue weighted by Gasteiger charge is -2.23. The van der Waals surface area contributed by atoms with Gasteiger partial charge in [-0.2, -0.15) is 0 Å². The number of rotatable bonds is 4. The van der Waals surface area contributed by atoms with Crippen molar-refractivity contribution >= 4 is 17.7 Å². The van der Waals surface area contributed by atoms with Crippen LogP contribution in [0.5, 0.6) is 28.7 Å². The Balaban J connectivity index is 1.55. The number of carbonyl (C=O) groups is 2. The molecule has 1 atom stereocenters. The van der Waals surface area contributed by atoms with Crippen LogP contribution in [0.15, 0.2) is 36.4 Å². The van der Waals surface area contributed by atoms with Crippen molar-refractivity contribution in [3.63, 3.8) is 0 Å². The van der Waals surface area contributed by atoms with E-state index < -0.39 is 12.2 Å². The number of ether oxygens (including phenoxy) is 4. The highest BCUT2D eigenvalue weighted by atomic mass is 16.6. The van der Waals surface area contributed by atoms with Crippen molar-refractivity contribution in [1.82, 2.24) is 5.32 Å². The Labute approximate surface area is 155 Å². The van der Waals surface area contributed by atoms with E-state index in [9.17, 15) is 9.59 Å². The summed E-state index contributed by atoms with van der Waals surface area (Å²) in [4.78, 5) is 24.7. The molecule has 2 amide bonds. The third kappa shape index (κ3) is 3.21. The van der Waals surface area contributed by atoms with Crippen molar-refractivity contribution in [3.8, 4) is 28.7 Å². The van der Waals surface area contributed by atoms with Gasteiger partial charge in [-0.3, -0.25) is 9.69 Å². The second kappa shape index (κ2) is 6.71. The van der Waals surface area contributed by atoms with Gasteiger partial charge in [0.05, 0.1) is 25.9 Å². The number of nitrogens with one attached hydrogen (secondary N) is 1. The Morgan fingerprint density at radius 3 is 2.85 bits per heavy atom. The fourth-order valence-corrected chi connectivity index (χ4v) is 2.99. The maximum Gasteiger partial charge on any atom is 0.414 e. The van der Waals surface area contributed by atoms with Crippen molar-refractivity contribution in [1.29, 1.82) is 0 Å². The summed E-state index contributed by atoms with van der Waals surface area (Å²) >= 11 is 0. The van der Waals surface area contributed by atoms with Crippen molar-refractivity contribution in [2.45, 2.75) is 13.0 Å². The lowest BCUT2D eigenvalue weighted by molar-refractivity contribution is -0.119. The molecule has 0 aromatic heterocycles. The molecule has 1 N–H and O–H groups in total. The molecular formula is C19H18N2O6. The van der Waals surface area contributed by atoms with Crippen molar-refractivity contribution in [2.75, 3.05) is 25.1 Å². The summed E-state index contributed by atoms with van der Waals surface area (Å²) in [5, 5.41) is 2.65. The average molecular weight is 370 g/mol. The SMILES string of the molecule is COc1cccc2c1Oc1ccc(N3C[C@H](CNC(C)=O)OC3=O)cc1O2. The minimum Gasteiger partial charge on any atom is -0.493 e. The van der Waals surface area contributed by atoms with Gasteiger partial charge >= 0.3 is 6.09 Å². The second-order valence-electron chi connectivity index (χ2n) is 6.18. The highest BCUT2D eigenvalue weighted by Crippen LogP contribution is 2.50. The number of amides is 2. The fourth-order valence-electron chi connectivity index (χ4n) is 2.99. The molecule has 8 nitrogen and oxygen atoms in total. The van der Waals surface area contributed by atoms with E-state index in [0.29, 0.717) is 41.0 Å². The lowest BCUT2D eigenvalue weighted by atomic mass is 10.2. The first-order valence-corrected chi connectivity index (χ1v) is 8.44. The van der Waals surface area contributed by atoms with Crippen LogP contribution in [-0.4, -0.2) is 38.3 Å². The Morgan fingerprint density at radius 1 is 1.22 bits per heavy atom. The summed E-state index contributed by atoms with van der Waals surface area (Å²) in [6.07, 6.45) is -0.872. The smallest absolute Gasteiger partial charge is 0.414 e. The summed E-state index contributed by atoms with van der Waals surface area (Å²) < 4.78 is 22.4. The molecule has 0 bridgehead atoms. The molecule has 27 heavy (non-hydrogen) atoms. The third-order valence-corrected chi connectivity index (χ3v) is 4.29. The molecule has 0 spiro atoms. The summed E-state index contributed by atoms with van der Waals surface area (Å²) in [5.74, 6) is 2.47. The third-order valence-electron chi connectivity index (χ3n) is 4.29. The molecule has 140 valence electrons. The number of cyclic esters (lactones) is 1. The minimum absolute atomic E-state index is 0.169. The van der Waals surface area contributed by atoms with Gasteiger partial charge in [0.2, 0.25) is 11.7 Å². The molecule has 1 fully saturated rings. The standard InChI is InChI=1S/C19H18N2O6/c1-11(22)20-9-13-10-21(19(23)25-13)12-6-7-14-17(8-12)26-16-5-3-4-15(24-2)18(16)27-14/h3-8,13H,9-10H2,1-2H3,(H,20,22)/t13-/m0/s1. The highest BCUT2D eigenvalue weighted by molar-refractivity contribution is 5.90. The minimum atomic E-state index is -0.468. The quantitative estimate of drug-likeness (QED) is 0.760. The monoisotopic (exact) mass is 370 g/mol. The number of fused-ring (bicyclic) bond motifs is 2. The number of anilines is 1. The average Bonchev–Trinajstić information content (AvgIpc) is 3.04. The first kappa shape index (κ1) is 17.0. The molecule has 2 aliphatic heterocycles. The van der Waals surface area contributed by atoms with E-state index in [1.54, 1.807) is 43.5 Å². The van der Waals surface area contributed by atoms with Crippen LogP contribution in [0, 0.1) is 0 Å². The zero-order chi connectivity index (χ0) is 19.0. The van der Waals surface area contributed by atoms with E-state index in [-0.39, 0.29) is 12.5 Å². The topological polar surface area (TPSA) is 86.3 Å². The van der Waals surface area contributed by atoms with E-state index in [2.05, 4.69) is 5.32 Å². The number of para-hydroxylation sites is 1. The van der Waals surface area contributed by atoms with E-state index >= 15 is 0 Å². The summed E-state index contributed by atoms with van der Waals surface area (Å²) in [7, 11) is 1.56. The van der Waals surface area contributed by atoms with Crippen LogP contribution in [0.4, 0.5) is 10.5 Å². The molecule has 2 aromatic carbocycles. The van der Waals surface area contributed by atoms with E-state index in [0.717, 1.165) is 0 Å². The van der Waals surface area contributed by atoms with Crippen molar-refractivity contribution in [2.24, 2.45) is 0 Å². The number of nitrogens with zero attached hydrogens (tertiary/aromatic N) is 1. The Bertz CT molecular complexity index is 913. The van der Waals surface area contributed by atoms with Gasteiger partial charge in [-0.05, 0) is 24.3 Å². The largest absolute Gasteiger partial charge is 0.493 e. The van der Waals surface area contributed by atoms with Gasteiger partial charge in [0.1, 0.15) is 6.10 Å². The molecule has 2 aromatic rings. The molecule has 8 heteroatoms. The zero-order valence-electron chi connectivity index (χ0n) is 14.9. The second-order valence-corrected chi connectivity index (χ2v) is 6.18. The number of hydrogen-bond acceptors (Lipinski definition) is 6. The molecule has 0 unspecified atom stereocenters. The number of carbonyl (C=O) groups excluding carboxylic acids is 2. The van der Waals surface area contributed by atoms with Gasteiger partial charge in [0, 0.05) is 13.0 Å². The van der Waals surface area contributed by atoms with Crippen LogP contribution in [0.2, 0.25) is 0 Å². The fraction of sp³-hybridized carbons (Fsp3) is 0.263. The van der Waals surface area contributed by atoms with Gasteiger partial charge < -0.3 is 24.3 Å². The number of methoxy groups -OCH3 is 1. The van der Waals surface area contributed by atoms with E-state index in [1.165, 1.54) is 11.8 Å². The molecule has 4 rings (SSSR count). The van der Waals surface area contributed by atoms with Gasteiger partial charge in [-0.1, -0.05) is 6.07 Å². The first-order valence-electron chi connectivity index (χ1n) is 8.44. The molecule has 0 aliphatic carbocycles. The first-order chi connectivity index (χ1) is 13.0. The van der Waals surface area contributed by atoms with Crippen molar-refractivity contribution in [3.05, 3.63) is 36.4 Å². The van der Waals surface area contributed by atoms with Gasteiger partial charge in [0.15, 0.2) is 23.0 Å². The predicted molar refractivity (Wildman–Crippen MR) is 95.9 cm³/mol. The normalized spacial score (nSPS) is 17.2. The van der Waals surface area contributed by atoms with Crippen LogP contribution in [-0.2, 0) is 9.53 Å². The highest BCUT2D eigenvalue weighted by Gasteiger charge is 2.33. The molecule has 1 saturated heterocycles. The Morgan fingerprint density at radius 2 is 2.07 bits per heavy atom. The van der Waals surface area contributed by atoms with Crippen LogP contribution in [0.3, 0.4) is 0 Å². The van der Waals surface area contributed by atoms with E-state index in [1.807, 2.05) is 0 Å². The van der Waals surface area contributed by atoms with E-state index in [4.69, 9.17) is 18.9 Å². The van der Waals surface area contributed by atoms with Gasteiger partial charge in [0.25, 0.3) is 0 Å². The molecule has 2 heterocycles. The number of hydrogen-bond donors (Lipinski definition) is 1. The van der Waals surface area contributed by atoms with Gasteiger partial charge in [-0.25, -0.2) is 4.79 Å². The maximum atomic E-state index is 12.2. The molecule has 0 saturated carbocycles. The van der Waals surface area contributed by atoms with Crippen molar-refractivity contribution < 1.29 is 28.5 Å². The Kier molecular flexibility index (Phi) is 4.23. The van der Waals surface area contributed by atoms with Crippen LogP contribution in [0.25, 0.3) is 0 Å². The van der Waals surface area contributed by atoms with Crippen LogP contribution < -0.4 is 24.4 Å². The zero-order valence-corrected chi connectivity index (χ0v) is 14.9.